The lowest BCUT2D eigenvalue weighted by Crippen LogP contribution is -2.41. The highest BCUT2D eigenvalue weighted by molar-refractivity contribution is 4.91. The Morgan fingerprint density at radius 3 is 3.06 bits per heavy atom. The molecule has 3 rings (SSSR count). The summed E-state index contributed by atoms with van der Waals surface area (Å²) in [6.07, 6.45) is 6.32. The van der Waals surface area contributed by atoms with E-state index in [9.17, 15) is 5.11 Å². The Hall–Kier alpha value is -0.940. The molecular formula is C12H20N4O. The third kappa shape index (κ3) is 2.35. The number of aliphatic hydroxyl groups excluding tert-OH is 1. The van der Waals surface area contributed by atoms with Crippen LogP contribution in [-0.4, -0.2) is 44.0 Å². The number of fused-ring (bicyclic) bond motifs is 1. The van der Waals surface area contributed by atoms with Crippen LogP contribution in [0.3, 0.4) is 0 Å². The first-order chi connectivity index (χ1) is 8.33. The lowest BCUT2D eigenvalue weighted by atomic mass is 9.86. The minimum Gasteiger partial charge on any atom is -0.393 e. The predicted molar refractivity (Wildman–Crippen MR) is 63.3 cm³/mol. The molecule has 0 saturated heterocycles. The Labute approximate surface area is 101 Å². The molecule has 5 heteroatoms. The average molecular weight is 236 g/mol. The SMILES string of the molecule is OC1CCCCC1CN1CCn2cnnc2C1. The summed E-state index contributed by atoms with van der Waals surface area (Å²) in [7, 11) is 0. The summed E-state index contributed by atoms with van der Waals surface area (Å²) < 4.78 is 2.12. The predicted octanol–water partition coefficient (Wildman–Crippen LogP) is 0.645. The van der Waals surface area contributed by atoms with Gasteiger partial charge in [-0.05, 0) is 18.8 Å². The van der Waals surface area contributed by atoms with Crippen LogP contribution in [0.1, 0.15) is 31.5 Å². The highest BCUT2D eigenvalue weighted by Gasteiger charge is 2.27. The lowest BCUT2D eigenvalue weighted by Gasteiger charge is -2.34. The second-order valence-corrected chi connectivity index (χ2v) is 5.29. The molecule has 2 aliphatic rings. The largest absolute Gasteiger partial charge is 0.393 e. The van der Waals surface area contributed by atoms with Crippen LogP contribution in [0, 0.1) is 5.92 Å². The second-order valence-electron chi connectivity index (χ2n) is 5.29. The Bertz CT molecular complexity index is 378. The van der Waals surface area contributed by atoms with E-state index < -0.39 is 0 Å². The van der Waals surface area contributed by atoms with Crippen LogP contribution in [0.25, 0.3) is 0 Å². The Balaban J connectivity index is 1.60. The van der Waals surface area contributed by atoms with Crippen LogP contribution in [0.2, 0.25) is 0 Å². The molecular weight excluding hydrogens is 216 g/mol. The van der Waals surface area contributed by atoms with Crippen LogP contribution in [-0.2, 0) is 13.1 Å². The molecule has 0 spiro atoms. The van der Waals surface area contributed by atoms with Gasteiger partial charge in [0.1, 0.15) is 12.2 Å². The van der Waals surface area contributed by atoms with Crippen LogP contribution < -0.4 is 0 Å². The molecule has 94 valence electrons. The van der Waals surface area contributed by atoms with Crippen molar-refractivity contribution >= 4 is 0 Å². The molecule has 17 heavy (non-hydrogen) atoms. The summed E-state index contributed by atoms with van der Waals surface area (Å²) in [6.45, 7) is 3.91. The summed E-state index contributed by atoms with van der Waals surface area (Å²) >= 11 is 0. The van der Waals surface area contributed by atoms with Crippen molar-refractivity contribution in [2.24, 2.45) is 5.92 Å². The first-order valence-electron chi connectivity index (χ1n) is 6.60. The number of aromatic nitrogens is 3. The molecule has 1 aliphatic heterocycles. The molecule has 5 nitrogen and oxygen atoms in total. The zero-order valence-electron chi connectivity index (χ0n) is 10.1. The van der Waals surface area contributed by atoms with E-state index in [1.807, 2.05) is 6.33 Å². The van der Waals surface area contributed by atoms with Crippen molar-refractivity contribution in [1.82, 2.24) is 19.7 Å². The Morgan fingerprint density at radius 1 is 1.29 bits per heavy atom. The van der Waals surface area contributed by atoms with E-state index in [0.29, 0.717) is 5.92 Å². The van der Waals surface area contributed by atoms with E-state index in [4.69, 9.17) is 0 Å². The van der Waals surface area contributed by atoms with Crippen molar-refractivity contribution in [2.45, 2.75) is 44.9 Å². The fourth-order valence-electron chi connectivity index (χ4n) is 3.00. The van der Waals surface area contributed by atoms with Gasteiger partial charge in [-0.2, -0.15) is 0 Å². The molecule has 2 unspecified atom stereocenters. The molecule has 0 amide bonds. The first-order valence-corrected chi connectivity index (χ1v) is 6.60. The molecule has 1 saturated carbocycles. The molecule has 2 atom stereocenters. The standard InChI is InChI=1S/C12H20N4O/c17-11-4-2-1-3-10(11)7-15-5-6-16-9-13-14-12(16)8-15/h9-11,17H,1-8H2. The van der Waals surface area contributed by atoms with Crippen LogP contribution >= 0.6 is 0 Å². The zero-order chi connectivity index (χ0) is 11.7. The van der Waals surface area contributed by atoms with E-state index in [2.05, 4.69) is 19.7 Å². The highest BCUT2D eigenvalue weighted by Crippen LogP contribution is 2.26. The van der Waals surface area contributed by atoms with Crippen LogP contribution in [0.15, 0.2) is 6.33 Å². The number of hydrogen-bond acceptors (Lipinski definition) is 4. The fourth-order valence-corrected chi connectivity index (χ4v) is 3.00. The van der Waals surface area contributed by atoms with Crippen molar-refractivity contribution in [1.29, 1.82) is 0 Å². The maximum absolute atomic E-state index is 10.00. The van der Waals surface area contributed by atoms with Crippen molar-refractivity contribution in [2.75, 3.05) is 13.1 Å². The summed E-state index contributed by atoms with van der Waals surface area (Å²) in [5.41, 5.74) is 0. The maximum Gasteiger partial charge on any atom is 0.147 e. The molecule has 1 N–H and O–H groups in total. The monoisotopic (exact) mass is 236 g/mol. The summed E-state index contributed by atoms with van der Waals surface area (Å²) in [5.74, 6) is 1.51. The van der Waals surface area contributed by atoms with Gasteiger partial charge < -0.3 is 9.67 Å². The van der Waals surface area contributed by atoms with Gasteiger partial charge >= 0.3 is 0 Å². The Morgan fingerprint density at radius 2 is 2.18 bits per heavy atom. The quantitative estimate of drug-likeness (QED) is 0.819. The van der Waals surface area contributed by atoms with Gasteiger partial charge in [0, 0.05) is 19.6 Å². The smallest absolute Gasteiger partial charge is 0.147 e. The van der Waals surface area contributed by atoms with E-state index in [-0.39, 0.29) is 6.10 Å². The highest BCUT2D eigenvalue weighted by atomic mass is 16.3. The van der Waals surface area contributed by atoms with Crippen molar-refractivity contribution in [3.05, 3.63) is 12.2 Å². The Kier molecular flexibility index (Phi) is 3.11. The average Bonchev–Trinajstić information content (AvgIpc) is 2.79. The molecule has 2 heterocycles. The van der Waals surface area contributed by atoms with E-state index in [1.54, 1.807) is 0 Å². The van der Waals surface area contributed by atoms with Gasteiger partial charge in [-0.25, -0.2) is 0 Å². The van der Waals surface area contributed by atoms with Gasteiger partial charge in [0.25, 0.3) is 0 Å². The zero-order valence-corrected chi connectivity index (χ0v) is 10.1. The lowest BCUT2D eigenvalue weighted by molar-refractivity contribution is 0.0401. The number of aliphatic hydroxyl groups is 1. The molecule has 0 bridgehead atoms. The van der Waals surface area contributed by atoms with Crippen molar-refractivity contribution in [3.8, 4) is 0 Å². The number of nitrogens with zero attached hydrogens (tertiary/aromatic N) is 4. The minimum absolute atomic E-state index is 0.0939. The van der Waals surface area contributed by atoms with Gasteiger partial charge in [-0.3, -0.25) is 4.90 Å². The molecule has 0 radical (unpaired) electrons. The molecule has 1 aliphatic carbocycles. The van der Waals surface area contributed by atoms with Gasteiger partial charge in [0.05, 0.1) is 12.6 Å². The summed E-state index contributed by atoms with van der Waals surface area (Å²) in [4.78, 5) is 2.41. The van der Waals surface area contributed by atoms with Gasteiger partial charge in [-0.15, -0.1) is 10.2 Å². The van der Waals surface area contributed by atoms with Crippen LogP contribution in [0.5, 0.6) is 0 Å². The normalized spacial score (nSPS) is 30.2. The van der Waals surface area contributed by atoms with Gasteiger partial charge in [-0.1, -0.05) is 12.8 Å². The summed E-state index contributed by atoms with van der Waals surface area (Å²) in [6, 6.07) is 0. The topological polar surface area (TPSA) is 54.2 Å². The molecule has 1 aromatic rings. The van der Waals surface area contributed by atoms with Crippen molar-refractivity contribution in [3.63, 3.8) is 0 Å². The van der Waals surface area contributed by atoms with Gasteiger partial charge in [0.2, 0.25) is 0 Å². The third-order valence-electron chi connectivity index (χ3n) is 4.08. The molecule has 0 aromatic carbocycles. The molecule has 1 fully saturated rings. The number of hydrogen-bond donors (Lipinski definition) is 1. The maximum atomic E-state index is 10.00. The third-order valence-corrected chi connectivity index (χ3v) is 4.08. The fraction of sp³-hybridized carbons (Fsp3) is 0.833. The van der Waals surface area contributed by atoms with Gasteiger partial charge in [0.15, 0.2) is 0 Å². The minimum atomic E-state index is -0.0939. The molecule has 1 aromatic heterocycles. The van der Waals surface area contributed by atoms with E-state index >= 15 is 0 Å². The van der Waals surface area contributed by atoms with E-state index in [0.717, 1.165) is 38.4 Å². The first kappa shape index (κ1) is 11.2. The van der Waals surface area contributed by atoms with Crippen molar-refractivity contribution < 1.29 is 5.11 Å². The summed E-state index contributed by atoms with van der Waals surface area (Å²) in [5, 5.41) is 18.1. The number of rotatable bonds is 2. The van der Waals surface area contributed by atoms with Crippen LogP contribution in [0.4, 0.5) is 0 Å². The van der Waals surface area contributed by atoms with E-state index in [1.165, 1.54) is 19.3 Å². The second kappa shape index (κ2) is 4.74.